The molecule has 9 heteroatoms. The molecule has 0 bridgehead atoms. The van der Waals surface area contributed by atoms with Crippen molar-refractivity contribution in [3.05, 3.63) is 98.9 Å². The maximum Gasteiger partial charge on any atom is 0.252 e. The van der Waals surface area contributed by atoms with E-state index in [0.29, 0.717) is 46.2 Å². The summed E-state index contributed by atoms with van der Waals surface area (Å²) in [5, 5.41) is 10.1. The summed E-state index contributed by atoms with van der Waals surface area (Å²) in [5.74, 6) is -0.526. The third kappa shape index (κ3) is 4.68. The van der Waals surface area contributed by atoms with Gasteiger partial charge in [0.05, 0.1) is 22.9 Å². The van der Waals surface area contributed by atoms with E-state index in [1.807, 2.05) is 30.3 Å². The van der Waals surface area contributed by atoms with Crippen LogP contribution in [0.25, 0.3) is 11.0 Å². The second-order valence-corrected chi connectivity index (χ2v) is 9.93. The van der Waals surface area contributed by atoms with Crippen LogP contribution in [0.2, 0.25) is 5.02 Å². The molecule has 0 spiro atoms. The van der Waals surface area contributed by atoms with Crippen LogP contribution in [0.5, 0.6) is 0 Å². The van der Waals surface area contributed by atoms with E-state index < -0.39 is 5.95 Å². The Balaban J connectivity index is 1.56. The number of hydrogen-bond acceptors (Lipinski definition) is 6. The number of piperazine rings is 1. The molecule has 0 amide bonds. The Labute approximate surface area is 219 Å². The van der Waals surface area contributed by atoms with Gasteiger partial charge in [-0.3, -0.25) is 9.69 Å². The van der Waals surface area contributed by atoms with Gasteiger partial charge in [-0.2, -0.15) is 9.65 Å². The zero-order valence-electron chi connectivity index (χ0n) is 20.8. The van der Waals surface area contributed by atoms with Gasteiger partial charge in [0.15, 0.2) is 0 Å². The van der Waals surface area contributed by atoms with Gasteiger partial charge < -0.3 is 9.47 Å². The van der Waals surface area contributed by atoms with E-state index in [1.165, 1.54) is 6.07 Å². The van der Waals surface area contributed by atoms with E-state index in [4.69, 9.17) is 11.6 Å². The summed E-state index contributed by atoms with van der Waals surface area (Å²) in [7, 11) is 1.70. The van der Waals surface area contributed by atoms with E-state index in [0.717, 1.165) is 5.56 Å². The summed E-state index contributed by atoms with van der Waals surface area (Å²) in [5.41, 5.74) is 3.75. The number of pyridine rings is 3. The van der Waals surface area contributed by atoms with Crippen molar-refractivity contribution in [1.29, 1.82) is 5.26 Å². The number of aromatic nitrogens is 3. The van der Waals surface area contributed by atoms with Crippen LogP contribution in [0.3, 0.4) is 0 Å². The molecule has 7 nitrogen and oxygen atoms in total. The van der Waals surface area contributed by atoms with Crippen LogP contribution in [-0.4, -0.2) is 44.6 Å². The normalized spacial score (nSPS) is 19.1. The molecule has 188 valence electrons. The Morgan fingerprint density at radius 3 is 2.51 bits per heavy atom. The number of nitriles is 1. The molecule has 3 aromatic heterocycles. The average molecular weight is 517 g/mol. The van der Waals surface area contributed by atoms with Crippen molar-refractivity contribution < 1.29 is 4.39 Å². The molecule has 1 fully saturated rings. The Bertz CT molecular complexity index is 1560. The van der Waals surface area contributed by atoms with Crippen molar-refractivity contribution in [1.82, 2.24) is 19.4 Å². The molecule has 5 rings (SSSR count). The van der Waals surface area contributed by atoms with E-state index in [1.54, 1.807) is 35.9 Å². The number of hydrogen-bond donors (Lipinski definition) is 0. The van der Waals surface area contributed by atoms with Gasteiger partial charge in [-0.25, -0.2) is 9.97 Å². The lowest BCUT2D eigenvalue weighted by Crippen LogP contribution is -2.57. The number of benzene rings is 1. The number of rotatable bonds is 4. The molecule has 1 aliphatic heterocycles. The summed E-state index contributed by atoms with van der Waals surface area (Å²) in [6.45, 7) is 5.43. The van der Waals surface area contributed by atoms with Gasteiger partial charge in [-0.15, -0.1) is 0 Å². The van der Waals surface area contributed by atoms with Crippen LogP contribution in [-0.2, 0) is 7.05 Å². The predicted molar refractivity (Wildman–Crippen MR) is 142 cm³/mol. The standard InChI is InChI=1S/C28H26ClFN6O/c1-17-16-36(28(19-7-9-20(29)10-8-19)22-5-4-6-25(30)33-22)18(2)15-35(17)24-13-26(37)34(3)23-12-11-21(14-31)32-27(23)24/h4-13,17-18,28H,15-16H2,1-3H3/t17-,18+,28?/m0/s1. The van der Waals surface area contributed by atoms with Crippen LogP contribution in [0.15, 0.2) is 65.5 Å². The maximum absolute atomic E-state index is 14.2. The molecule has 4 aromatic rings. The maximum atomic E-state index is 14.2. The Morgan fingerprint density at radius 1 is 1.05 bits per heavy atom. The molecule has 0 N–H and O–H groups in total. The van der Waals surface area contributed by atoms with E-state index in [9.17, 15) is 14.4 Å². The van der Waals surface area contributed by atoms with Crippen LogP contribution in [0.1, 0.15) is 36.8 Å². The van der Waals surface area contributed by atoms with Crippen LogP contribution >= 0.6 is 11.6 Å². The highest BCUT2D eigenvalue weighted by molar-refractivity contribution is 6.30. The van der Waals surface area contributed by atoms with Gasteiger partial charge in [-0.1, -0.05) is 29.8 Å². The van der Waals surface area contributed by atoms with Crippen LogP contribution in [0, 0.1) is 17.3 Å². The highest BCUT2D eigenvalue weighted by atomic mass is 35.5. The quantitative estimate of drug-likeness (QED) is 0.366. The summed E-state index contributed by atoms with van der Waals surface area (Å²) in [6.07, 6.45) is 0. The van der Waals surface area contributed by atoms with E-state index in [-0.39, 0.29) is 23.7 Å². The molecule has 37 heavy (non-hydrogen) atoms. The SMILES string of the molecule is C[C@@H]1CN(c2cc(=O)n(C)c3ccc(C#N)nc23)[C@@H](C)CN1C(c1ccc(Cl)cc1)c1cccc(F)n1. The lowest BCUT2D eigenvalue weighted by Gasteiger charge is -2.48. The molecule has 0 radical (unpaired) electrons. The second kappa shape index (κ2) is 9.92. The zero-order chi connectivity index (χ0) is 26.3. The summed E-state index contributed by atoms with van der Waals surface area (Å²) >= 11 is 6.16. The molecule has 1 aromatic carbocycles. The van der Waals surface area contributed by atoms with Gasteiger partial charge in [-0.05, 0) is 55.8 Å². The minimum atomic E-state index is -0.526. The van der Waals surface area contributed by atoms with Crippen molar-refractivity contribution >= 4 is 28.3 Å². The molecule has 4 heterocycles. The molecular formula is C28H26ClFN6O. The lowest BCUT2D eigenvalue weighted by molar-refractivity contribution is 0.127. The minimum Gasteiger partial charge on any atom is -0.364 e. The second-order valence-electron chi connectivity index (χ2n) is 9.49. The molecule has 0 aliphatic carbocycles. The topological polar surface area (TPSA) is 78.0 Å². The molecule has 1 unspecified atom stereocenters. The summed E-state index contributed by atoms with van der Waals surface area (Å²) < 4.78 is 15.7. The predicted octanol–water partition coefficient (Wildman–Crippen LogP) is 4.68. The van der Waals surface area contributed by atoms with Crippen LogP contribution in [0.4, 0.5) is 10.1 Å². The fraction of sp³-hybridized carbons (Fsp3) is 0.286. The third-order valence-corrected chi connectivity index (χ3v) is 7.31. The monoisotopic (exact) mass is 516 g/mol. The van der Waals surface area contributed by atoms with Crippen LogP contribution < -0.4 is 10.5 Å². The molecule has 0 saturated carbocycles. The summed E-state index contributed by atoms with van der Waals surface area (Å²) in [4.78, 5) is 26.1. The molecule has 1 aliphatic rings. The van der Waals surface area contributed by atoms with Gasteiger partial charge in [0.1, 0.15) is 17.3 Å². The molecule has 3 atom stereocenters. The molecular weight excluding hydrogens is 491 g/mol. The third-order valence-electron chi connectivity index (χ3n) is 7.06. The van der Waals surface area contributed by atoms with Crippen molar-refractivity contribution in [2.24, 2.45) is 7.05 Å². The van der Waals surface area contributed by atoms with Gasteiger partial charge in [0, 0.05) is 43.3 Å². The van der Waals surface area contributed by atoms with Crippen molar-refractivity contribution in [3.63, 3.8) is 0 Å². The number of aryl methyl sites for hydroxylation is 1. The zero-order valence-corrected chi connectivity index (χ0v) is 21.5. The first kappa shape index (κ1) is 24.9. The number of anilines is 1. The van der Waals surface area contributed by atoms with Crippen molar-refractivity contribution in [2.45, 2.75) is 32.0 Å². The number of fused-ring (bicyclic) bond motifs is 1. The first-order valence-electron chi connectivity index (χ1n) is 12.1. The van der Waals surface area contributed by atoms with Gasteiger partial charge in [0.25, 0.3) is 5.56 Å². The van der Waals surface area contributed by atoms with E-state index >= 15 is 0 Å². The van der Waals surface area contributed by atoms with Crippen molar-refractivity contribution in [2.75, 3.05) is 18.0 Å². The Kier molecular flexibility index (Phi) is 6.67. The van der Waals surface area contributed by atoms with E-state index in [2.05, 4.69) is 39.7 Å². The summed E-state index contributed by atoms with van der Waals surface area (Å²) in [6, 6.07) is 19.2. The van der Waals surface area contributed by atoms with Gasteiger partial charge >= 0.3 is 0 Å². The lowest BCUT2D eigenvalue weighted by atomic mass is 9.96. The van der Waals surface area contributed by atoms with Gasteiger partial charge in [0.2, 0.25) is 5.95 Å². The fourth-order valence-corrected chi connectivity index (χ4v) is 5.32. The first-order valence-corrected chi connectivity index (χ1v) is 12.5. The fourth-order valence-electron chi connectivity index (χ4n) is 5.20. The number of halogens is 2. The highest BCUT2D eigenvalue weighted by Gasteiger charge is 2.36. The molecule has 1 saturated heterocycles. The average Bonchev–Trinajstić information content (AvgIpc) is 2.89. The smallest absolute Gasteiger partial charge is 0.252 e. The highest BCUT2D eigenvalue weighted by Crippen LogP contribution is 2.35. The largest absolute Gasteiger partial charge is 0.364 e. The minimum absolute atomic E-state index is 0.0117. The van der Waals surface area contributed by atoms with Crippen molar-refractivity contribution in [3.8, 4) is 6.07 Å². The number of nitrogens with zero attached hydrogens (tertiary/aromatic N) is 6. The Morgan fingerprint density at radius 2 is 1.81 bits per heavy atom. The Hall–Kier alpha value is -3.80. The first-order chi connectivity index (χ1) is 17.8.